The van der Waals surface area contributed by atoms with Gasteiger partial charge in [-0.25, -0.2) is 4.79 Å². The molecule has 5 heteroatoms. The summed E-state index contributed by atoms with van der Waals surface area (Å²) in [4.78, 5) is 24.2. The van der Waals surface area contributed by atoms with Crippen molar-refractivity contribution in [2.24, 2.45) is 0 Å². The molecule has 1 heterocycles. The Morgan fingerprint density at radius 2 is 2.06 bits per heavy atom. The van der Waals surface area contributed by atoms with Gasteiger partial charge in [-0.2, -0.15) is 0 Å². The summed E-state index contributed by atoms with van der Waals surface area (Å²) in [6.45, 7) is 1.34. The molecule has 5 nitrogen and oxygen atoms in total. The summed E-state index contributed by atoms with van der Waals surface area (Å²) in [5, 5.41) is 2.64. The van der Waals surface area contributed by atoms with Crippen LogP contribution in [0.5, 0.6) is 0 Å². The van der Waals surface area contributed by atoms with E-state index < -0.39 is 0 Å². The minimum Gasteiger partial charge on any atom is -0.443 e. The van der Waals surface area contributed by atoms with Gasteiger partial charge in [0.05, 0.1) is 6.54 Å². The molecule has 0 radical (unpaired) electrons. The van der Waals surface area contributed by atoms with Crippen molar-refractivity contribution in [2.75, 3.05) is 20.1 Å². The fourth-order valence-electron chi connectivity index (χ4n) is 2.37. The van der Waals surface area contributed by atoms with Crippen molar-refractivity contribution in [1.29, 1.82) is 0 Å². The molecule has 2 rings (SSSR count). The van der Waals surface area contributed by atoms with Crippen molar-refractivity contribution in [3.63, 3.8) is 0 Å². The standard InChI is InChI=1S/C11H18N2O3/c1-13(7-10-6-12-11(15)16-10)8-2-4-9(14)5-3-8/h8,10H,2-7H2,1H3,(H,12,15). The number of ether oxygens (including phenoxy) is 1. The zero-order chi connectivity index (χ0) is 11.5. The quantitative estimate of drug-likeness (QED) is 0.763. The molecule has 1 N–H and O–H groups in total. The molecule has 1 unspecified atom stereocenters. The Labute approximate surface area is 95.1 Å². The Kier molecular flexibility index (Phi) is 3.43. The summed E-state index contributed by atoms with van der Waals surface area (Å²) in [5.74, 6) is 0.374. The number of nitrogens with one attached hydrogen (secondary N) is 1. The monoisotopic (exact) mass is 226 g/mol. The van der Waals surface area contributed by atoms with Crippen LogP contribution in [0.1, 0.15) is 25.7 Å². The van der Waals surface area contributed by atoms with Crippen LogP contribution in [0.3, 0.4) is 0 Å². The number of Topliss-reactive ketones (excluding diaryl/α,β-unsaturated/α-hetero) is 1. The topological polar surface area (TPSA) is 58.6 Å². The van der Waals surface area contributed by atoms with Gasteiger partial charge < -0.3 is 10.1 Å². The Morgan fingerprint density at radius 1 is 1.38 bits per heavy atom. The van der Waals surface area contributed by atoms with Crippen molar-refractivity contribution in [1.82, 2.24) is 10.2 Å². The first-order valence-electron chi connectivity index (χ1n) is 5.81. The van der Waals surface area contributed by atoms with Gasteiger partial charge in [-0.15, -0.1) is 0 Å². The molecule has 1 saturated carbocycles. The van der Waals surface area contributed by atoms with E-state index in [4.69, 9.17) is 4.74 Å². The van der Waals surface area contributed by atoms with Gasteiger partial charge in [0.1, 0.15) is 11.9 Å². The number of alkyl carbamates (subject to hydrolysis) is 1. The third kappa shape index (κ3) is 2.72. The molecule has 1 aliphatic heterocycles. The predicted octanol–water partition coefficient (Wildman–Crippen LogP) is 0.538. The lowest BCUT2D eigenvalue weighted by Gasteiger charge is -2.31. The summed E-state index contributed by atoms with van der Waals surface area (Å²) < 4.78 is 5.09. The van der Waals surface area contributed by atoms with E-state index >= 15 is 0 Å². The number of rotatable bonds is 3. The van der Waals surface area contributed by atoms with Crippen LogP contribution in [0.25, 0.3) is 0 Å². The van der Waals surface area contributed by atoms with Crippen LogP contribution in [-0.4, -0.2) is 49.1 Å². The summed E-state index contributed by atoms with van der Waals surface area (Å²) >= 11 is 0. The Hall–Kier alpha value is -1.10. The van der Waals surface area contributed by atoms with Crippen molar-refractivity contribution in [3.05, 3.63) is 0 Å². The number of amides is 1. The number of hydrogen-bond donors (Lipinski definition) is 1. The smallest absolute Gasteiger partial charge is 0.407 e. The molecule has 16 heavy (non-hydrogen) atoms. The fraction of sp³-hybridized carbons (Fsp3) is 0.818. The van der Waals surface area contributed by atoms with Crippen LogP contribution in [0.2, 0.25) is 0 Å². The van der Waals surface area contributed by atoms with Crippen LogP contribution in [0.15, 0.2) is 0 Å². The first kappa shape index (κ1) is 11.4. The summed E-state index contributed by atoms with van der Waals surface area (Å²) in [6, 6.07) is 0.456. The molecule has 0 aromatic rings. The molecule has 2 aliphatic rings. The first-order chi connectivity index (χ1) is 7.65. The highest BCUT2D eigenvalue weighted by Crippen LogP contribution is 2.20. The van der Waals surface area contributed by atoms with Gasteiger partial charge in [0.25, 0.3) is 0 Å². The molecule has 0 aromatic carbocycles. The van der Waals surface area contributed by atoms with Crippen molar-refractivity contribution >= 4 is 11.9 Å². The van der Waals surface area contributed by atoms with Gasteiger partial charge in [0.2, 0.25) is 0 Å². The Bertz CT molecular complexity index is 283. The van der Waals surface area contributed by atoms with Gasteiger partial charge >= 0.3 is 6.09 Å². The number of nitrogens with zero attached hydrogens (tertiary/aromatic N) is 1. The van der Waals surface area contributed by atoms with Gasteiger partial charge in [0.15, 0.2) is 0 Å². The Morgan fingerprint density at radius 3 is 2.62 bits per heavy atom. The molecule has 2 fully saturated rings. The predicted molar refractivity (Wildman–Crippen MR) is 58.2 cm³/mol. The zero-order valence-electron chi connectivity index (χ0n) is 9.57. The molecule has 0 spiro atoms. The van der Waals surface area contributed by atoms with Gasteiger partial charge in [-0.05, 0) is 19.9 Å². The number of cyclic esters (lactones) is 1. The highest BCUT2D eigenvalue weighted by atomic mass is 16.6. The van der Waals surface area contributed by atoms with Crippen LogP contribution in [0.4, 0.5) is 4.79 Å². The third-order valence-corrected chi connectivity index (χ3v) is 3.38. The lowest BCUT2D eigenvalue weighted by Crippen LogP contribution is -2.40. The molecule has 1 atom stereocenters. The Balaban J connectivity index is 1.77. The first-order valence-corrected chi connectivity index (χ1v) is 5.81. The summed E-state index contributed by atoms with van der Waals surface area (Å²) in [7, 11) is 2.03. The normalized spacial score (nSPS) is 27.0. The summed E-state index contributed by atoms with van der Waals surface area (Å²) in [5.41, 5.74) is 0. The van der Waals surface area contributed by atoms with Crippen molar-refractivity contribution in [2.45, 2.75) is 37.8 Å². The van der Waals surface area contributed by atoms with E-state index in [0.717, 1.165) is 19.4 Å². The number of likely N-dealkylation sites (N-methyl/N-ethyl adjacent to an activating group) is 1. The van der Waals surface area contributed by atoms with E-state index in [0.29, 0.717) is 31.2 Å². The van der Waals surface area contributed by atoms with Crippen LogP contribution in [-0.2, 0) is 9.53 Å². The van der Waals surface area contributed by atoms with Crippen LogP contribution in [0, 0.1) is 0 Å². The molecule has 0 aromatic heterocycles. The average molecular weight is 226 g/mol. The SMILES string of the molecule is CN(CC1CNC(=O)O1)C1CCC(=O)CC1. The van der Waals surface area contributed by atoms with Gasteiger partial charge in [-0.1, -0.05) is 0 Å². The number of hydrogen-bond acceptors (Lipinski definition) is 4. The molecular weight excluding hydrogens is 208 g/mol. The second-order valence-corrected chi connectivity index (χ2v) is 4.62. The second kappa shape index (κ2) is 4.82. The maximum absolute atomic E-state index is 11.1. The maximum atomic E-state index is 11.1. The largest absolute Gasteiger partial charge is 0.443 e. The second-order valence-electron chi connectivity index (χ2n) is 4.62. The van der Waals surface area contributed by atoms with E-state index in [1.54, 1.807) is 0 Å². The van der Waals surface area contributed by atoms with E-state index in [9.17, 15) is 9.59 Å². The minimum absolute atomic E-state index is 0.0462. The van der Waals surface area contributed by atoms with E-state index in [1.807, 2.05) is 7.05 Å². The lowest BCUT2D eigenvalue weighted by molar-refractivity contribution is -0.121. The van der Waals surface area contributed by atoms with Crippen molar-refractivity contribution < 1.29 is 14.3 Å². The molecule has 1 aliphatic carbocycles. The molecular formula is C11H18N2O3. The third-order valence-electron chi connectivity index (χ3n) is 3.38. The van der Waals surface area contributed by atoms with E-state index in [-0.39, 0.29) is 12.2 Å². The zero-order valence-corrected chi connectivity index (χ0v) is 9.57. The number of carbonyl (C=O) groups excluding carboxylic acids is 2. The molecule has 90 valence electrons. The molecule has 1 amide bonds. The number of carbonyl (C=O) groups is 2. The molecule has 0 bridgehead atoms. The van der Waals surface area contributed by atoms with E-state index in [1.165, 1.54) is 0 Å². The van der Waals surface area contributed by atoms with Gasteiger partial charge in [-0.3, -0.25) is 9.69 Å². The highest BCUT2D eigenvalue weighted by molar-refractivity contribution is 5.79. The summed E-state index contributed by atoms with van der Waals surface area (Å²) in [6.07, 6.45) is 2.88. The lowest BCUT2D eigenvalue weighted by atomic mass is 9.93. The average Bonchev–Trinajstić information content (AvgIpc) is 2.65. The maximum Gasteiger partial charge on any atom is 0.407 e. The van der Waals surface area contributed by atoms with Crippen LogP contribution < -0.4 is 5.32 Å². The highest BCUT2D eigenvalue weighted by Gasteiger charge is 2.28. The van der Waals surface area contributed by atoms with Gasteiger partial charge in [0, 0.05) is 25.4 Å². The fourth-order valence-corrected chi connectivity index (χ4v) is 2.37. The molecule has 1 saturated heterocycles. The number of ketones is 1. The minimum atomic E-state index is -0.322. The van der Waals surface area contributed by atoms with E-state index in [2.05, 4.69) is 10.2 Å². The van der Waals surface area contributed by atoms with Crippen LogP contribution >= 0.6 is 0 Å². The van der Waals surface area contributed by atoms with Crippen molar-refractivity contribution in [3.8, 4) is 0 Å².